The first-order valence-corrected chi connectivity index (χ1v) is 11.1. The van der Waals surface area contributed by atoms with E-state index in [1.54, 1.807) is 24.9 Å². The van der Waals surface area contributed by atoms with Gasteiger partial charge >= 0.3 is 5.69 Å². The molecule has 0 unspecified atom stereocenters. The standard InChI is InChI=1S/C24H26ClN3O4/c1-31-21-12-6-8-16(22(21)32-2)7-5-9-18(29)15-27-24(30)28(17-13-14-17)23(26-27)19-10-3-4-11-20(19)25/h3-4,6,8,10-12,17H,5,7,9,13-15H2,1-2H3. The number of methoxy groups -OCH3 is 2. The van der Waals surface area contributed by atoms with Crippen molar-refractivity contribution in [2.75, 3.05) is 14.2 Å². The Morgan fingerprint density at radius 2 is 1.91 bits per heavy atom. The molecule has 2 aromatic carbocycles. The van der Waals surface area contributed by atoms with Crippen LogP contribution in [0.25, 0.3) is 11.4 Å². The molecule has 0 radical (unpaired) electrons. The smallest absolute Gasteiger partial charge is 0.346 e. The minimum Gasteiger partial charge on any atom is -0.493 e. The number of halogens is 1. The average Bonchev–Trinajstić information content (AvgIpc) is 3.58. The third-order valence-corrected chi connectivity index (χ3v) is 5.94. The largest absolute Gasteiger partial charge is 0.493 e. The second-order valence-corrected chi connectivity index (χ2v) is 8.30. The molecule has 0 spiro atoms. The molecule has 1 aliphatic rings. The number of aryl methyl sites for hydroxylation is 1. The van der Waals surface area contributed by atoms with Crippen LogP contribution in [0.3, 0.4) is 0 Å². The lowest BCUT2D eigenvalue weighted by Gasteiger charge is -2.12. The van der Waals surface area contributed by atoms with Crippen LogP contribution in [0.5, 0.6) is 11.5 Å². The Kier molecular flexibility index (Phi) is 6.65. The molecule has 32 heavy (non-hydrogen) atoms. The van der Waals surface area contributed by atoms with Gasteiger partial charge in [-0.05, 0) is 49.4 Å². The Bertz CT molecular complexity index is 1180. The second-order valence-electron chi connectivity index (χ2n) is 7.89. The fourth-order valence-corrected chi connectivity index (χ4v) is 4.10. The maximum atomic E-state index is 13.0. The van der Waals surface area contributed by atoms with Gasteiger partial charge in [0.15, 0.2) is 23.1 Å². The number of benzene rings is 2. The Morgan fingerprint density at radius 1 is 1.12 bits per heavy atom. The van der Waals surface area contributed by atoms with Crippen molar-refractivity contribution in [2.24, 2.45) is 0 Å². The third kappa shape index (κ3) is 4.58. The van der Waals surface area contributed by atoms with E-state index in [0.29, 0.717) is 47.2 Å². The zero-order valence-corrected chi connectivity index (χ0v) is 19.0. The van der Waals surface area contributed by atoms with Crippen molar-refractivity contribution in [3.63, 3.8) is 0 Å². The van der Waals surface area contributed by atoms with E-state index < -0.39 is 0 Å². The molecule has 0 bridgehead atoms. The quantitative estimate of drug-likeness (QED) is 0.455. The zero-order chi connectivity index (χ0) is 22.7. The molecule has 1 heterocycles. The number of para-hydroxylation sites is 1. The van der Waals surface area contributed by atoms with Crippen molar-refractivity contribution in [3.8, 4) is 22.9 Å². The summed E-state index contributed by atoms with van der Waals surface area (Å²) in [6, 6.07) is 13.1. The van der Waals surface area contributed by atoms with Gasteiger partial charge in [0.1, 0.15) is 6.54 Å². The number of hydrogen-bond donors (Lipinski definition) is 0. The summed E-state index contributed by atoms with van der Waals surface area (Å²) in [7, 11) is 3.20. The zero-order valence-electron chi connectivity index (χ0n) is 18.2. The molecule has 7 nitrogen and oxygen atoms in total. The summed E-state index contributed by atoms with van der Waals surface area (Å²) < 4.78 is 13.7. The minimum atomic E-state index is -0.259. The van der Waals surface area contributed by atoms with E-state index >= 15 is 0 Å². The van der Waals surface area contributed by atoms with E-state index in [1.807, 2.05) is 36.4 Å². The number of Topliss-reactive ketones (excluding diaryl/α,β-unsaturated/α-hetero) is 1. The number of ketones is 1. The molecule has 0 atom stereocenters. The summed E-state index contributed by atoms with van der Waals surface area (Å²) in [6.45, 7) is -0.0503. The number of ether oxygens (including phenoxy) is 2. The van der Waals surface area contributed by atoms with Gasteiger partial charge in [0.05, 0.1) is 19.2 Å². The van der Waals surface area contributed by atoms with Crippen molar-refractivity contribution in [1.29, 1.82) is 0 Å². The Labute approximate surface area is 191 Å². The molecule has 1 aromatic heterocycles. The Balaban J connectivity index is 1.46. The summed E-state index contributed by atoms with van der Waals surface area (Å²) in [6.07, 6.45) is 3.50. The van der Waals surface area contributed by atoms with Crippen molar-refractivity contribution in [1.82, 2.24) is 14.3 Å². The topological polar surface area (TPSA) is 75.4 Å². The predicted octanol–water partition coefficient (Wildman–Crippen LogP) is 4.31. The lowest BCUT2D eigenvalue weighted by molar-refractivity contribution is -0.119. The van der Waals surface area contributed by atoms with E-state index in [1.165, 1.54) is 4.68 Å². The summed E-state index contributed by atoms with van der Waals surface area (Å²) in [5.74, 6) is 1.84. The predicted molar refractivity (Wildman–Crippen MR) is 123 cm³/mol. The highest BCUT2D eigenvalue weighted by Gasteiger charge is 2.31. The highest BCUT2D eigenvalue weighted by molar-refractivity contribution is 6.33. The first kappa shape index (κ1) is 22.1. The lowest BCUT2D eigenvalue weighted by Crippen LogP contribution is -2.27. The molecule has 4 rings (SSSR count). The van der Waals surface area contributed by atoms with E-state index in [4.69, 9.17) is 21.1 Å². The van der Waals surface area contributed by atoms with Gasteiger partial charge in [-0.1, -0.05) is 35.9 Å². The Morgan fingerprint density at radius 3 is 2.59 bits per heavy atom. The van der Waals surface area contributed by atoms with Crippen LogP contribution in [-0.2, 0) is 17.8 Å². The number of rotatable bonds is 10. The molecule has 0 N–H and O–H groups in total. The molecule has 1 fully saturated rings. The third-order valence-electron chi connectivity index (χ3n) is 5.61. The van der Waals surface area contributed by atoms with E-state index in [9.17, 15) is 9.59 Å². The first-order valence-electron chi connectivity index (χ1n) is 10.7. The van der Waals surface area contributed by atoms with Crippen molar-refractivity contribution in [2.45, 2.75) is 44.7 Å². The second kappa shape index (κ2) is 9.61. The molecule has 0 aliphatic heterocycles. The minimum absolute atomic E-state index is 0.0416. The van der Waals surface area contributed by atoms with E-state index in [2.05, 4.69) is 5.10 Å². The van der Waals surface area contributed by atoms with Gasteiger partial charge in [-0.25, -0.2) is 9.48 Å². The highest BCUT2D eigenvalue weighted by Crippen LogP contribution is 2.38. The maximum absolute atomic E-state index is 13.0. The number of nitrogens with zero attached hydrogens (tertiary/aromatic N) is 3. The van der Waals surface area contributed by atoms with Gasteiger partial charge in [0.2, 0.25) is 0 Å². The number of hydrogen-bond acceptors (Lipinski definition) is 5. The normalized spacial score (nSPS) is 13.2. The van der Waals surface area contributed by atoms with Gasteiger partial charge in [-0.3, -0.25) is 9.36 Å². The molecule has 1 saturated carbocycles. The molecule has 168 valence electrons. The van der Waals surface area contributed by atoms with Gasteiger partial charge in [0, 0.05) is 18.0 Å². The van der Waals surface area contributed by atoms with Crippen LogP contribution in [0.2, 0.25) is 5.02 Å². The summed E-state index contributed by atoms with van der Waals surface area (Å²) in [5, 5.41) is 5.02. The Hall–Kier alpha value is -3.06. The lowest BCUT2D eigenvalue weighted by atomic mass is 10.0. The monoisotopic (exact) mass is 455 g/mol. The van der Waals surface area contributed by atoms with Gasteiger partial charge < -0.3 is 9.47 Å². The van der Waals surface area contributed by atoms with Crippen LogP contribution >= 0.6 is 11.6 Å². The van der Waals surface area contributed by atoms with Crippen molar-refractivity contribution >= 4 is 17.4 Å². The summed E-state index contributed by atoms with van der Waals surface area (Å²) in [4.78, 5) is 25.6. The van der Waals surface area contributed by atoms with Gasteiger partial charge in [-0.2, -0.15) is 0 Å². The molecule has 8 heteroatoms. The number of carbonyl (C=O) groups excluding carboxylic acids is 1. The van der Waals surface area contributed by atoms with Crippen LogP contribution in [0, 0.1) is 0 Å². The SMILES string of the molecule is COc1cccc(CCCC(=O)Cn2nc(-c3ccccc3Cl)n(C3CC3)c2=O)c1OC. The molecular formula is C24H26ClN3O4. The van der Waals surface area contributed by atoms with Gasteiger partial charge in [-0.15, -0.1) is 5.10 Å². The molecule has 0 amide bonds. The fraction of sp³-hybridized carbons (Fsp3) is 0.375. The number of aromatic nitrogens is 3. The highest BCUT2D eigenvalue weighted by atomic mass is 35.5. The van der Waals surface area contributed by atoms with Crippen LogP contribution in [0.4, 0.5) is 0 Å². The summed E-state index contributed by atoms with van der Waals surface area (Å²) >= 11 is 6.35. The van der Waals surface area contributed by atoms with Crippen LogP contribution < -0.4 is 15.2 Å². The van der Waals surface area contributed by atoms with Crippen molar-refractivity contribution in [3.05, 3.63) is 63.5 Å². The molecule has 3 aromatic rings. The number of carbonyl (C=O) groups is 1. The van der Waals surface area contributed by atoms with E-state index in [-0.39, 0.29) is 24.1 Å². The van der Waals surface area contributed by atoms with Crippen LogP contribution in [0.1, 0.15) is 37.3 Å². The van der Waals surface area contributed by atoms with E-state index in [0.717, 1.165) is 18.4 Å². The summed E-state index contributed by atoms with van der Waals surface area (Å²) in [5.41, 5.74) is 1.43. The molecule has 1 aliphatic carbocycles. The van der Waals surface area contributed by atoms with Gasteiger partial charge in [0.25, 0.3) is 0 Å². The first-order chi connectivity index (χ1) is 15.5. The fourth-order valence-electron chi connectivity index (χ4n) is 3.88. The average molecular weight is 456 g/mol. The molecule has 0 saturated heterocycles. The van der Waals surface area contributed by atoms with Crippen LogP contribution in [-0.4, -0.2) is 34.4 Å². The molecular weight excluding hydrogens is 430 g/mol. The van der Waals surface area contributed by atoms with Crippen LogP contribution in [0.15, 0.2) is 47.3 Å². The van der Waals surface area contributed by atoms with Crippen molar-refractivity contribution < 1.29 is 14.3 Å². The maximum Gasteiger partial charge on any atom is 0.346 e.